The van der Waals surface area contributed by atoms with E-state index in [0.29, 0.717) is 35.1 Å². The van der Waals surface area contributed by atoms with Gasteiger partial charge in [0.1, 0.15) is 0 Å². The summed E-state index contributed by atoms with van der Waals surface area (Å²) in [5.74, 6) is 0.335. The quantitative estimate of drug-likeness (QED) is 0.369. The summed E-state index contributed by atoms with van der Waals surface area (Å²) in [6.07, 6.45) is 5.39. The van der Waals surface area contributed by atoms with Gasteiger partial charge in [-0.25, -0.2) is 19.3 Å². The average Bonchev–Trinajstić information content (AvgIpc) is 3.46. The number of aromatic nitrogens is 7. The molecule has 0 aliphatic carbocycles. The van der Waals surface area contributed by atoms with E-state index in [9.17, 15) is 4.79 Å². The number of pyridine rings is 1. The summed E-state index contributed by atoms with van der Waals surface area (Å²) in [5, 5.41) is 18.3. The molecule has 34 heavy (non-hydrogen) atoms. The summed E-state index contributed by atoms with van der Waals surface area (Å²) in [5.41, 5.74) is 1.83. The number of nitrogens with zero attached hydrogens (tertiary/aromatic N) is 7. The van der Waals surface area contributed by atoms with Crippen molar-refractivity contribution in [2.24, 2.45) is 0 Å². The van der Waals surface area contributed by atoms with Crippen molar-refractivity contribution in [1.82, 2.24) is 34.6 Å². The fraction of sp³-hybridized carbons (Fsp3) is 0.300. The molecule has 0 radical (unpaired) electrons. The van der Waals surface area contributed by atoms with Crippen LogP contribution in [0.5, 0.6) is 0 Å². The molecule has 178 valence electrons. The van der Waals surface area contributed by atoms with E-state index in [4.69, 9.17) is 32.7 Å². The number of methoxy groups -OCH3 is 1. The molecule has 4 heterocycles. The lowest BCUT2D eigenvalue weighted by Crippen LogP contribution is -2.23. The largest absolute Gasteiger partial charge is 0.379 e. The second-order valence-electron chi connectivity index (χ2n) is 7.24. The number of hydrogen-bond acceptors (Lipinski definition) is 8. The minimum absolute atomic E-state index is 0.113. The summed E-state index contributed by atoms with van der Waals surface area (Å²) in [6, 6.07) is 2.62. The summed E-state index contributed by atoms with van der Waals surface area (Å²) in [4.78, 5) is 22.6. The number of hydrogen-bond donors (Lipinski definition) is 2. The van der Waals surface area contributed by atoms with Crippen molar-refractivity contribution in [3.05, 3.63) is 52.8 Å². The zero-order chi connectivity index (χ0) is 24.2. The summed E-state index contributed by atoms with van der Waals surface area (Å²) in [6.45, 7) is 4.06. The minimum Gasteiger partial charge on any atom is -0.379 e. The van der Waals surface area contributed by atoms with Crippen molar-refractivity contribution in [3.63, 3.8) is 0 Å². The van der Waals surface area contributed by atoms with Gasteiger partial charge >= 0.3 is 6.03 Å². The monoisotopic (exact) mass is 505 g/mol. The predicted molar refractivity (Wildman–Crippen MR) is 126 cm³/mol. The number of halogens is 2. The van der Waals surface area contributed by atoms with Crippen LogP contribution in [0.1, 0.15) is 25.6 Å². The Hall–Kier alpha value is -3.32. The number of carbonyl (C=O) groups is 1. The van der Waals surface area contributed by atoms with Crippen molar-refractivity contribution < 1.29 is 14.3 Å². The van der Waals surface area contributed by atoms with Gasteiger partial charge in [-0.2, -0.15) is 15.3 Å². The number of amides is 2. The standard InChI is InChI=1S/C20H21Cl2N9O3/c1-11(33-3)10-34-12(2)18-15(9-23-17-7-16(22)29-30(17)18)28-20(32)27-13-6-14(21)19(24-8-13)31-25-4-5-26-31/h4-9,11-12H,10H2,1-3H3,(H2,27,28,32)/t11?,12-/m0/s1. The first-order valence-electron chi connectivity index (χ1n) is 10.1. The lowest BCUT2D eigenvalue weighted by Gasteiger charge is -2.20. The van der Waals surface area contributed by atoms with Crippen LogP contribution in [0.25, 0.3) is 11.5 Å². The van der Waals surface area contributed by atoms with E-state index in [-0.39, 0.29) is 16.3 Å². The zero-order valence-electron chi connectivity index (χ0n) is 18.4. The maximum absolute atomic E-state index is 12.8. The highest BCUT2D eigenvalue weighted by molar-refractivity contribution is 6.32. The molecule has 0 spiro atoms. The van der Waals surface area contributed by atoms with Gasteiger partial charge in [-0.3, -0.25) is 0 Å². The summed E-state index contributed by atoms with van der Waals surface area (Å²) >= 11 is 12.4. The van der Waals surface area contributed by atoms with E-state index in [1.54, 1.807) is 19.2 Å². The van der Waals surface area contributed by atoms with Gasteiger partial charge in [0.15, 0.2) is 16.6 Å². The van der Waals surface area contributed by atoms with Crippen molar-refractivity contribution >= 4 is 46.3 Å². The molecule has 4 aromatic rings. The van der Waals surface area contributed by atoms with Crippen LogP contribution in [-0.2, 0) is 9.47 Å². The molecule has 14 heteroatoms. The first kappa shape index (κ1) is 23.8. The highest BCUT2D eigenvalue weighted by Gasteiger charge is 2.21. The van der Waals surface area contributed by atoms with E-state index in [0.717, 1.165) is 0 Å². The number of carbonyl (C=O) groups excluding carboxylic acids is 1. The van der Waals surface area contributed by atoms with Crippen LogP contribution >= 0.6 is 23.2 Å². The van der Waals surface area contributed by atoms with Crippen LogP contribution < -0.4 is 10.6 Å². The topological polar surface area (TPSA) is 133 Å². The Labute approximate surface area is 204 Å². The van der Waals surface area contributed by atoms with Gasteiger partial charge in [0, 0.05) is 13.2 Å². The Morgan fingerprint density at radius 3 is 2.59 bits per heavy atom. The van der Waals surface area contributed by atoms with E-state index in [1.165, 1.54) is 34.1 Å². The Morgan fingerprint density at radius 2 is 1.88 bits per heavy atom. The van der Waals surface area contributed by atoms with Gasteiger partial charge in [0.2, 0.25) is 0 Å². The highest BCUT2D eigenvalue weighted by atomic mass is 35.5. The van der Waals surface area contributed by atoms with Gasteiger partial charge in [-0.05, 0) is 19.9 Å². The van der Waals surface area contributed by atoms with Crippen molar-refractivity contribution in [3.8, 4) is 5.82 Å². The third kappa shape index (κ3) is 5.25. The van der Waals surface area contributed by atoms with E-state index < -0.39 is 12.1 Å². The third-order valence-corrected chi connectivity index (χ3v) is 5.26. The van der Waals surface area contributed by atoms with Crippen molar-refractivity contribution in [1.29, 1.82) is 0 Å². The van der Waals surface area contributed by atoms with Gasteiger partial charge in [-0.1, -0.05) is 23.2 Å². The van der Waals surface area contributed by atoms with Crippen LogP contribution in [-0.4, -0.2) is 60.4 Å². The number of fused-ring (bicyclic) bond motifs is 1. The maximum Gasteiger partial charge on any atom is 0.323 e. The number of anilines is 2. The minimum atomic E-state index is -0.541. The molecule has 0 bridgehead atoms. The predicted octanol–water partition coefficient (Wildman–Crippen LogP) is 3.77. The van der Waals surface area contributed by atoms with Crippen molar-refractivity contribution in [2.45, 2.75) is 26.1 Å². The highest BCUT2D eigenvalue weighted by Crippen LogP contribution is 2.27. The number of ether oxygens (including phenoxy) is 2. The smallest absolute Gasteiger partial charge is 0.323 e. The molecule has 0 saturated heterocycles. The molecule has 0 aliphatic heterocycles. The molecule has 0 aliphatic rings. The molecule has 2 amide bonds. The normalized spacial score (nSPS) is 13.1. The lowest BCUT2D eigenvalue weighted by atomic mass is 10.2. The molecule has 12 nitrogen and oxygen atoms in total. The SMILES string of the molecule is COC(C)CO[C@@H](C)c1c(NC(=O)Nc2cnc(-n3nccn3)c(Cl)c2)cnc2cc(Cl)nn12. The molecule has 1 unspecified atom stereocenters. The Morgan fingerprint density at radius 1 is 1.12 bits per heavy atom. The van der Waals surface area contributed by atoms with E-state index in [2.05, 4.69) is 35.9 Å². The molecule has 0 fully saturated rings. The number of nitrogens with one attached hydrogen (secondary N) is 2. The van der Waals surface area contributed by atoms with Crippen LogP contribution in [0, 0.1) is 0 Å². The number of urea groups is 1. The van der Waals surface area contributed by atoms with Crippen molar-refractivity contribution in [2.75, 3.05) is 24.4 Å². The Kier molecular flexibility index (Phi) is 7.22. The molecule has 2 N–H and O–H groups in total. The van der Waals surface area contributed by atoms with Gasteiger partial charge < -0.3 is 20.1 Å². The summed E-state index contributed by atoms with van der Waals surface area (Å²) in [7, 11) is 1.60. The van der Waals surface area contributed by atoms with E-state index in [1.807, 2.05) is 13.8 Å². The molecule has 4 rings (SSSR count). The average molecular weight is 506 g/mol. The first-order chi connectivity index (χ1) is 16.4. The molecule has 2 atom stereocenters. The second kappa shape index (κ2) is 10.3. The first-order valence-corrected chi connectivity index (χ1v) is 10.9. The Balaban J connectivity index is 1.55. The lowest BCUT2D eigenvalue weighted by molar-refractivity contribution is -0.0160. The molecule has 4 aromatic heterocycles. The maximum atomic E-state index is 12.8. The molecular formula is C20H21Cl2N9O3. The number of rotatable bonds is 8. The van der Waals surface area contributed by atoms with Crippen LogP contribution in [0.2, 0.25) is 10.2 Å². The fourth-order valence-electron chi connectivity index (χ4n) is 3.09. The van der Waals surface area contributed by atoms with Gasteiger partial charge in [-0.15, -0.1) is 4.80 Å². The Bertz CT molecular complexity index is 1300. The van der Waals surface area contributed by atoms with E-state index >= 15 is 0 Å². The second-order valence-corrected chi connectivity index (χ2v) is 8.04. The zero-order valence-corrected chi connectivity index (χ0v) is 19.9. The van der Waals surface area contributed by atoms with Crippen LogP contribution in [0.3, 0.4) is 0 Å². The van der Waals surface area contributed by atoms with Crippen LogP contribution in [0.4, 0.5) is 16.2 Å². The van der Waals surface area contributed by atoms with Gasteiger partial charge in [0.25, 0.3) is 0 Å². The molecule has 0 aromatic carbocycles. The fourth-order valence-corrected chi connectivity index (χ4v) is 3.51. The molecule has 0 saturated carbocycles. The third-order valence-electron chi connectivity index (χ3n) is 4.80. The molecular weight excluding hydrogens is 485 g/mol. The van der Waals surface area contributed by atoms with Gasteiger partial charge in [0.05, 0.1) is 65.7 Å². The summed E-state index contributed by atoms with van der Waals surface area (Å²) < 4.78 is 12.7. The van der Waals surface area contributed by atoms with Crippen LogP contribution in [0.15, 0.2) is 36.9 Å².